The monoisotopic (exact) mass is 302 g/mol. The molecule has 1 aromatic carbocycles. The molecule has 1 aliphatic rings. The number of hydrogen-bond donors (Lipinski definition) is 3. The SMILES string of the molecule is O=C(NCC1CC1)Nc1c(Cl)cc(Cl)cc1C(=O)O. The standard InChI is InChI=1S/C12H12Cl2N2O3/c13-7-3-8(11(17)18)10(9(14)4-7)16-12(19)15-5-6-1-2-6/h3-4,6H,1-2,5H2,(H,17,18)(H2,15,16,19). The highest BCUT2D eigenvalue weighted by Gasteiger charge is 2.22. The lowest BCUT2D eigenvalue weighted by Crippen LogP contribution is -2.31. The summed E-state index contributed by atoms with van der Waals surface area (Å²) in [6.45, 7) is 0.583. The van der Waals surface area contributed by atoms with Crippen molar-refractivity contribution in [1.82, 2.24) is 5.32 Å². The smallest absolute Gasteiger partial charge is 0.337 e. The van der Waals surface area contributed by atoms with Gasteiger partial charge in [0.1, 0.15) is 0 Å². The molecule has 0 radical (unpaired) electrons. The van der Waals surface area contributed by atoms with Crippen LogP contribution in [0.3, 0.4) is 0 Å². The van der Waals surface area contributed by atoms with Crippen LogP contribution in [0.2, 0.25) is 10.0 Å². The molecule has 2 rings (SSSR count). The molecule has 7 heteroatoms. The van der Waals surface area contributed by atoms with E-state index >= 15 is 0 Å². The lowest BCUT2D eigenvalue weighted by Gasteiger charge is -2.12. The van der Waals surface area contributed by atoms with Crippen molar-refractivity contribution in [3.8, 4) is 0 Å². The van der Waals surface area contributed by atoms with Crippen molar-refractivity contribution in [1.29, 1.82) is 0 Å². The predicted molar refractivity (Wildman–Crippen MR) is 73.2 cm³/mol. The van der Waals surface area contributed by atoms with Gasteiger partial charge in [0, 0.05) is 11.6 Å². The lowest BCUT2D eigenvalue weighted by molar-refractivity contribution is 0.0698. The second-order valence-corrected chi connectivity index (χ2v) is 5.24. The largest absolute Gasteiger partial charge is 0.478 e. The van der Waals surface area contributed by atoms with Crippen LogP contribution in [-0.2, 0) is 0 Å². The fourth-order valence-electron chi connectivity index (χ4n) is 1.59. The minimum atomic E-state index is -1.21. The van der Waals surface area contributed by atoms with E-state index in [9.17, 15) is 9.59 Å². The first-order valence-electron chi connectivity index (χ1n) is 5.74. The molecular weight excluding hydrogens is 291 g/mol. The molecule has 0 heterocycles. The van der Waals surface area contributed by atoms with E-state index in [2.05, 4.69) is 10.6 Å². The number of carbonyl (C=O) groups excluding carboxylic acids is 1. The van der Waals surface area contributed by atoms with Gasteiger partial charge in [-0.15, -0.1) is 0 Å². The number of carbonyl (C=O) groups is 2. The fraction of sp³-hybridized carbons (Fsp3) is 0.333. The molecule has 0 atom stereocenters. The Kier molecular flexibility index (Phi) is 4.17. The van der Waals surface area contributed by atoms with Gasteiger partial charge in [-0.1, -0.05) is 23.2 Å². The summed E-state index contributed by atoms with van der Waals surface area (Å²) in [7, 11) is 0. The van der Waals surface area contributed by atoms with Crippen LogP contribution in [0.1, 0.15) is 23.2 Å². The summed E-state index contributed by atoms with van der Waals surface area (Å²) < 4.78 is 0. The number of anilines is 1. The van der Waals surface area contributed by atoms with Crippen molar-refractivity contribution >= 4 is 40.9 Å². The van der Waals surface area contributed by atoms with Crippen molar-refractivity contribution in [2.75, 3.05) is 11.9 Å². The minimum absolute atomic E-state index is 0.0480. The van der Waals surface area contributed by atoms with Crippen LogP contribution in [0.15, 0.2) is 12.1 Å². The molecule has 3 N–H and O–H groups in total. The second kappa shape index (κ2) is 5.67. The van der Waals surface area contributed by atoms with E-state index in [-0.39, 0.29) is 21.3 Å². The zero-order valence-corrected chi connectivity index (χ0v) is 11.4. The summed E-state index contributed by atoms with van der Waals surface area (Å²) >= 11 is 11.6. The van der Waals surface area contributed by atoms with Gasteiger partial charge in [0.15, 0.2) is 0 Å². The summed E-state index contributed by atoms with van der Waals surface area (Å²) in [4.78, 5) is 22.7. The maximum Gasteiger partial charge on any atom is 0.337 e. The summed E-state index contributed by atoms with van der Waals surface area (Å²) in [6, 6.07) is 2.15. The van der Waals surface area contributed by atoms with Gasteiger partial charge in [-0.2, -0.15) is 0 Å². The Morgan fingerprint density at radius 2 is 2.00 bits per heavy atom. The highest BCUT2D eigenvalue weighted by Crippen LogP contribution is 2.30. The first-order valence-corrected chi connectivity index (χ1v) is 6.50. The number of carboxylic acid groups (broad SMARTS) is 1. The first kappa shape index (κ1) is 14.0. The van der Waals surface area contributed by atoms with E-state index < -0.39 is 12.0 Å². The Hall–Kier alpha value is -1.46. The third kappa shape index (κ3) is 3.75. The van der Waals surface area contributed by atoms with Crippen molar-refractivity contribution < 1.29 is 14.7 Å². The average Bonchev–Trinajstić information content (AvgIpc) is 3.13. The third-order valence-corrected chi connectivity index (χ3v) is 3.29. The summed E-state index contributed by atoms with van der Waals surface area (Å²) in [5, 5.41) is 14.5. The van der Waals surface area contributed by atoms with Gasteiger partial charge in [-0.3, -0.25) is 0 Å². The number of nitrogens with one attached hydrogen (secondary N) is 2. The zero-order chi connectivity index (χ0) is 14.0. The number of halogens is 2. The van der Waals surface area contributed by atoms with E-state index in [1.807, 2.05) is 0 Å². The van der Waals surface area contributed by atoms with Gasteiger partial charge in [0.2, 0.25) is 0 Å². The van der Waals surface area contributed by atoms with E-state index in [0.29, 0.717) is 12.5 Å². The van der Waals surface area contributed by atoms with Gasteiger partial charge >= 0.3 is 12.0 Å². The molecule has 5 nitrogen and oxygen atoms in total. The lowest BCUT2D eigenvalue weighted by atomic mass is 10.2. The topological polar surface area (TPSA) is 78.4 Å². The molecule has 0 aromatic heterocycles. The van der Waals surface area contributed by atoms with Gasteiger partial charge in [0.25, 0.3) is 0 Å². The number of carboxylic acids is 1. The van der Waals surface area contributed by atoms with E-state index in [0.717, 1.165) is 12.8 Å². The molecule has 0 bridgehead atoms. The molecule has 1 saturated carbocycles. The summed E-state index contributed by atoms with van der Waals surface area (Å²) in [6.07, 6.45) is 2.23. The van der Waals surface area contributed by atoms with Crippen LogP contribution in [-0.4, -0.2) is 23.7 Å². The predicted octanol–water partition coefficient (Wildman–Crippen LogP) is 3.22. The second-order valence-electron chi connectivity index (χ2n) is 4.39. The Balaban J connectivity index is 2.13. The molecule has 1 aliphatic carbocycles. The van der Waals surface area contributed by atoms with Crippen molar-refractivity contribution in [2.24, 2.45) is 5.92 Å². The van der Waals surface area contributed by atoms with Gasteiger partial charge in [0.05, 0.1) is 16.3 Å². The molecule has 19 heavy (non-hydrogen) atoms. The normalized spacial score (nSPS) is 14.0. The van der Waals surface area contributed by atoms with Crippen LogP contribution < -0.4 is 10.6 Å². The van der Waals surface area contributed by atoms with Gasteiger partial charge in [-0.05, 0) is 30.9 Å². The highest BCUT2D eigenvalue weighted by molar-refractivity contribution is 6.37. The number of urea groups is 1. The van der Waals surface area contributed by atoms with Crippen molar-refractivity contribution in [3.05, 3.63) is 27.7 Å². The molecule has 1 aromatic rings. The number of hydrogen-bond acceptors (Lipinski definition) is 2. The van der Waals surface area contributed by atoms with Crippen LogP contribution in [0.4, 0.5) is 10.5 Å². The quantitative estimate of drug-likeness (QED) is 0.799. The maximum absolute atomic E-state index is 11.6. The molecule has 0 aliphatic heterocycles. The van der Waals surface area contributed by atoms with Crippen LogP contribution in [0.25, 0.3) is 0 Å². The van der Waals surface area contributed by atoms with Crippen molar-refractivity contribution in [2.45, 2.75) is 12.8 Å². The molecule has 0 spiro atoms. The molecule has 102 valence electrons. The molecule has 2 amide bonds. The Labute approximate surface area is 119 Å². The number of benzene rings is 1. The number of rotatable bonds is 4. The number of aromatic carboxylic acids is 1. The Bertz CT molecular complexity index is 530. The molecular formula is C12H12Cl2N2O3. The third-order valence-electron chi connectivity index (χ3n) is 2.77. The summed E-state index contributed by atoms with van der Waals surface area (Å²) in [5.74, 6) is -0.674. The zero-order valence-electron chi connectivity index (χ0n) is 9.87. The van der Waals surface area contributed by atoms with Gasteiger partial charge in [-0.25, -0.2) is 9.59 Å². The van der Waals surface area contributed by atoms with Crippen LogP contribution >= 0.6 is 23.2 Å². The van der Waals surface area contributed by atoms with Gasteiger partial charge < -0.3 is 15.7 Å². The Morgan fingerprint density at radius 3 is 2.58 bits per heavy atom. The van der Waals surface area contributed by atoms with E-state index in [1.165, 1.54) is 12.1 Å². The average molecular weight is 303 g/mol. The van der Waals surface area contributed by atoms with Crippen LogP contribution in [0, 0.1) is 5.92 Å². The number of amides is 2. The summed E-state index contributed by atoms with van der Waals surface area (Å²) in [5.41, 5.74) is -0.0917. The van der Waals surface area contributed by atoms with E-state index in [4.69, 9.17) is 28.3 Å². The van der Waals surface area contributed by atoms with Crippen molar-refractivity contribution in [3.63, 3.8) is 0 Å². The highest BCUT2D eigenvalue weighted by atomic mass is 35.5. The Morgan fingerprint density at radius 1 is 1.32 bits per heavy atom. The molecule has 0 saturated heterocycles. The van der Waals surface area contributed by atoms with Crippen LogP contribution in [0.5, 0.6) is 0 Å². The maximum atomic E-state index is 11.6. The first-order chi connectivity index (χ1) is 8.97. The molecule has 1 fully saturated rings. The minimum Gasteiger partial charge on any atom is -0.478 e. The molecule has 0 unspecified atom stereocenters. The fourth-order valence-corrected chi connectivity index (χ4v) is 2.13. The van der Waals surface area contributed by atoms with E-state index in [1.54, 1.807) is 0 Å².